The lowest BCUT2D eigenvalue weighted by atomic mass is 10.0. The highest BCUT2D eigenvalue weighted by molar-refractivity contribution is 6.33. The number of nitrogens with zero attached hydrogens (tertiary/aromatic N) is 4. The molecule has 4 nitrogen and oxygen atoms in total. The molecule has 0 atom stereocenters. The molecule has 0 aliphatic heterocycles. The molecule has 1 aromatic carbocycles. The van der Waals surface area contributed by atoms with Gasteiger partial charge in [0.2, 0.25) is 0 Å². The Labute approximate surface area is 136 Å². The first-order valence-corrected chi connectivity index (χ1v) is 7.42. The average molecular weight is 327 g/mol. The Balaban J connectivity index is 1.93. The molecule has 114 valence electrons. The molecule has 4 aromatic rings. The number of fused-ring (bicyclic) bond motifs is 1. The third-order valence-corrected chi connectivity index (χ3v) is 4.19. The highest BCUT2D eigenvalue weighted by atomic mass is 35.5. The van der Waals surface area contributed by atoms with Crippen LogP contribution in [0, 0.1) is 5.82 Å². The van der Waals surface area contributed by atoms with Crippen molar-refractivity contribution in [3.8, 4) is 22.3 Å². The lowest BCUT2D eigenvalue weighted by molar-refractivity contribution is 0.629. The fourth-order valence-electron chi connectivity index (χ4n) is 2.65. The first-order chi connectivity index (χ1) is 11.1. The van der Waals surface area contributed by atoms with Crippen LogP contribution >= 0.6 is 11.6 Å². The Kier molecular flexibility index (Phi) is 3.16. The van der Waals surface area contributed by atoms with Crippen LogP contribution in [-0.2, 0) is 7.05 Å². The Morgan fingerprint density at radius 1 is 1.04 bits per heavy atom. The Morgan fingerprint density at radius 2 is 1.91 bits per heavy atom. The van der Waals surface area contributed by atoms with Crippen LogP contribution in [0.3, 0.4) is 0 Å². The van der Waals surface area contributed by atoms with E-state index in [2.05, 4.69) is 10.2 Å². The topological polar surface area (TPSA) is 35.1 Å². The predicted molar refractivity (Wildman–Crippen MR) is 87.8 cm³/mol. The van der Waals surface area contributed by atoms with Crippen LogP contribution in [0.1, 0.15) is 0 Å². The van der Waals surface area contributed by atoms with Crippen LogP contribution in [-0.4, -0.2) is 19.4 Å². The van der Waals surface area contributed by atoms with Gasteiger partial charge in [0.25, 0.3) is 0 Å². The van der Waals surface area contributed by atoms with E-state index in [0.717, 1.165) is 22.2 Å². The molecule has 0 aliphatic rings. The van der Waals surface area contributed by atoms with Crippen molar-refractivity contribution in [3.05, 3.63) is 66.0 Å². The largest absolute Gasteiger partial charge is 0.275 e. The maximum absolute atomic E-state index is 13.7. The van der Waals surface area contributed by atoms with Gasteiger partial charge in [0.15, 0.2) is 0 Å². The van der Waals surface area contributed by atoms with Gasteiger partial charge in [-0.05, 0) is 23.8 Å². The number of pyridine rings is 1. The van der Waals surface area contributed by atoms with Gasteiger partial charge in [0, 0.05) is 36.1 Å². The Hall–Kier alpha value is -2.66. The SMILES string of the molecule is Cn1cc(-c2ccn3ncc(-c4cccc(F)c4Cl)c3c2)cn1. The summed E-state index contributed by atoms with van der Waals surface area (Å²) < 4.78 is 17.2. The number of aryl methyl sites for hydroxylation is 1. The number of hydrogen-bond donors (Lipinski definition) is 0. The second-order valence-electron chi connectivity index (χ2n) is 5.31. The molecule has 6 heteroatoms. The summed E-state index contributed by atoms with van der Waals surface area (Å²) in [5, 5.41) is 8.62. The van der Waals surface area contributed by atoms with Crippen LogP contribution in [0.5, 0.6) is 0 Å². The third-order valence-electron chi connectivity index (χ3n) is 3.80. The zero-order valence-electron chi connectivity index (χ0n) is 12.2. The van der Waals surface area contributed by atoms with E-state index < -0.39 is 5.82 Å². The molecule has 0 N–H and O–H groups in total. The molecule has 0 amide bonds. The summed E-state index contributed by atoms with van der Waals surface area (Å²) in [7, 11) is 1.87. The van der Waals surface area contributed by atoms with Crippen molar-refractivity contribution >= 4 is 17.1 Å². The zero-order valence-corrected chi connectivity index (χ0v) is 13.0. The summed E-state index contributed by atoms with van der Waals surface area (Å²) in [6.45, 7) is 0. The molecule has 3 heterocycles. The van der Waals surface area contributed by atoms with E-state index in [1.165, 1.54) is 6.07 Å². The minimum Gasteiger partial charge on any atom is -0.275 e. The fraction of sp³-hybridized carbons (Fsp3) is 0.0588. The van der Waals surface area contributed by atoms with Crippen molar-refractivity contribution < 1.29 is 4.39 Å². The highest BCUT2D eigenvalue weighted by Crippen LogP contribution is 2.33. The van der Waals surface area contributed by atoms with Crippen molar-refractivity contribution in [2.75, 3.05) is 0 Å². The minimum absolute atomic E-state index is 0.106. The molecule has 0 fully saturated rings. The van der Waals surface area contributed by atoms with E-state index in [-0.39, 0.29) is 5.02 Å². The minimum atomic E-state index is -0.438. The average Bonchev–Trinajstić information content (AvgIpc) is 3.16. The van der Waals surface area contributed by atoms with Gasteiger partial charge in [-0.1, -0.05) is 23.7 Å². The first kappa shape index (κ1) is 14.0. The number of halogens is 2. The van der Waals surface area contributed by atoms with E-state index in [1.54, 1.807) is 33.7 Å². The van der Waals surface area contributed by atoms with Gasteiger partial charge in [-0.15, -0.1) is 0 Å². The Bertz CT molecular complexity index is 1020. The second-order valence-corrected chi connectivity index (χ2v) is 5.69. The van der Waals surface area contributed by atoms with Gasteiger partial charge in [-0.2, -0.15) is 10.2 Å². The molecule has 0 unspecified atom stereocenters. The highest BCUT2D eigenvalue weighted by Gasteiger charge is 2.13. The van der Waals surface area contributed by atoms with E-state index in [0.29, 0.717) is 5.56 Å². The van der Waals surface area contributed by atoms with E-state index in [1.807, 2.05) is 31.6 Å². The molecular weight excluding hydrogens is 315 g/mol. The molecule has 0 aliphatic carbocycles. The van der Waals surface area contributed by atoms with Crippen molar-refractivity contribution in [2.24, 2.45) is 7.05 Å². The molecule has 0 saturated heterocycles. The van der Waals surface area contributed by atoms with Crippen molar-refractivity contribution in [2.45, 2.75) is 0 Å². The maximum Gasteiger partial charge on any atom is 0.142 e. The number of rotatable bonds is 2. The van der Waals surface area contributed by atoms with Crippen molar-refractivity contribution in [1.29, 1.82) is 0 Å². The van der Waals surface area contributed by atoms with Crippen molar-refractivity contribution in [1.82, 2.24) is 19.4 Å². The van der Waals surface area contributed by atoms with Crippen LogP contribution in [0.4, 0.5) is 4.39 Å². The van der Waals surface area contributed by atoms with Gasteiger partial charge in [0.1, 0.15) is 5.82 Å². The van der Waals surface area contributed by atoms with Gasteiger partial charge >= 0.3 is 0 Å². The summed E-state index contributed by atoms with van der Waals surface area (Å²) >= 11 is 6.12. The molecule has 0 radical (unpaired) electrons. The monoisotopic (exact) mass is 326 g/mol. The molecular formula is C17H12ClFN4. The number of hydrogen-bond acceptors (Lipinski definition) is 2. The normalized spacial score (nSPS) is 11.3. The summed E-state index contributed by atoms with van der Waals surface area (Å²) in [6.07, 6.45) is 7.31. The van der Waals surface area contributed by atoms with E-state index in [9.17, 15) is 4.39 Å². The second kappa shape index (κ2) is 5.21. The third kappa shape index (κ3) is 2.29. The van der Waals surface area contributed by atoms with Crippen LogP contribution in [0.25, 0.3) is 27.8 Å². The Morgan fingerprint density at radius 3 is 2.70 bits per heavy atom. The van der Waals surface area contributed by atoms with Crippen LogP contribution in [0.2, 0.25) is 5.02 Å². The number of benzene rings is 1. The van der Waals surface area contributed by atoms with Gasteiger partial charge in [0.05, 0.1) is 22.9 Å². The van der Waals surface area contributed by atoms with Gasteiger partial charge in [-0.25, -0.2) is 8.91 Å². The molecule has 4 rings (SSSR count). The molecule has 3 aromatic heterocycles. The predicted octanol–water partition coefficient (Wildman–Crippen LogP) is 4.19. The van der Waals surface area contributed by atoms with Gasteiger partial charge in [-0.3, -0.25) is 4.68 Å². The van der Waals surface area contributed by atoms with Crippen molar-refractivity contribution in [3.63, 3.8) is 0 Å². The first-order valence-electron chi connectivity index (χ1n) is 7.04. The smallest absolute Gasteiger partial charge is 0.142 e. The van der Waals surface area contributed by atoms with Gasteiger partial charge < -0.3 is 0 Å². The summed E-state index contributed by atoms with van der Waals surface area (Å²) in [4.78, 5) is 0. The van der Waals surface area contributed by atoms with Crippen LogP contribution < -0.4 is 0 Å². The van der Waals surface area contributed by atoms with E-state index in [4.69, 9.17) is 11.6 Å². The molecule has 0 spiro atoms. The molecule has 0 bridgehead atoms. The fourth-order valence-corrected chi connectivity index (χ4v) is 2.88. The standard InChI is InChI=1S/C17H12ClFN4/c1-22-10-12(8-20-22)11-5-6-23-16(7-11)14(9-21-23)13-3-2-4-15(19)17(13)18/h2-10H,1H3. The summed E-state index contributed by atoms with van der Waals surface area (Å²) in [5.41, 5.74) is 4.30. The molecule has 0 saturated carbocycles. The maximum atomic E-state index is 13.7. The summed E-state index contributed by atoms with van der Waals surface area (Å²) in [6, 6.07) is 8.75. The lowest BCUT2D eigenvalue weighted by Gasteiger charge is -2.05. The number of aromatic nitrogens is 4. The zero-order chi connectivity index (χ0) is 16.0. The van der Waals surface area contributed by atoms with E-state index >= 15 is 0 Å². The summed E-state index contributed by atoms with van der Waals surface area (Å²) in [5.74, 6) is -0.438. The lowest BCUT2D eigenvalue weighted by Crippen LogP contribution is -1.88. The molecule has 23 heavy (non-hydrogen) atoms. The van der Waals surface area contributed by atoms with Crippen LogP contribution in [0.15, 0.2) is 55.1 Å². The quantitative estimate of drug-likeness (QED) is 0.553.